The molecule has 2 N–H and O–H groups in total. The Bertz CT molecular complexity index is 476. The monoisotopic (exact) mass is 290 g/mol. The highest BCUT2D eigenvalue weighted by molar-refractivity contribution is 5.95. The molecule has 1 fully saturated rings. The summed E-state index contributed by atoms with van der Waals surface area (Å²) >= 11 is 0. The Labute approximate surface area is 127 Å². The van der Waals surface area contributed by atoms with Crippen LogP contribution in [0.1, 0.15) is 51.1 Å². The number of nitrogens with one attached hydrogen (secondary N) is 1. The second-order valence-corrected chi connectivity index (χ2v) is 5.77. The van der Waals surface area contributed by atoms with E-state index in [0.717, 1.165) is 38.0 Å². The second kappa shape index (κ2) is 7.57. The first kappa shape index (κ1) is 16.0. The maximum atomic E-state index is 11.8. The third kappa shape index (κ3) is 4.29. The van der Waals surface area contributed by atoms with Crippen molar-refractivity contribution in [2.45, 2.75) is 51.7 Å². The van der Waals surface area contributed by atoms with Crippen LogP contribution in [-0.2, 0) is 4.79 Å². The van der Waals surface area contributed by atoms with Crippen molar-refractivity contribution in [3.05, 3.63) is 29.8 Å². The number of aliphatic hydroxyl groups excluding tert-OH is 1. The van der Waals surface area contributed by atoms with E-state index in [9.17, 15) is 9.90 Å². The number of carbonyl (C=O) groups is 1. The van der Waals surface area contributed by atoms with Gasteiger partial charge in [-0.05, 0) is 50.4 Å². The molecule has 116 valence electrons. The van der Waals surface area contributed by atoms with E-state index in [0.29, 0.717) is 6.42 Å². The highest BCUT2D eigenvalue weighted by atomic mass is 16.3. The summed E-state index contributed by atoms with van der Waals surface area (Å²) in [5.74, 6) is 0.221. The van der Waals surface area contributed by atoms with Crippen molar-refractivity contribution in [3.63, 3.8) is 0 Å². The fraction of sp³-hybridized carbons (Fsp3) is 0.588. The van der Waals surface area contributed by atoms with Crippen LogP contribution in [0.3, 0.4) is 0 Å². The molecule has 1 aliphatic heterocycles. The largest absolute Gasteiger partial charge is 0.393 e. The van der Waals surface area contributed by atoms with Gasteiger partial charge in [0.25, 0.3) is 0 Å². The van der Waals surface area contributed by atoms with Gasteiger partial charge in [0.1, 0.15) is 0 Å². The van der Waals surface area contributed by atoms with E-state index in [2.05, 4.69) is 24.4 Å². The van der Waals surface area contributed by atoms with Gasteiger partial charge < -0.3 is 15.3 Å². The van der Waals surface area contributed by atoms with Gasteiger partial charge in [0, 0.05) is 24.7 Å². The van der Waals surface area contributed by atoms with Crippen LogP contribution in [0.15, 0.2) is 24.3 Å². The van der Waals surface area contributed by atoms with Crippen LogP contribution in [0.2, 0.25) is 0 Å². The first-order chi connectivity index (χ1) is 10.1. The molecule has 4 nitrogen and oxygen atoms in total. The molecule has 0 aliphatic carbocycles. The number of hydrogen-bond acceptors (Lipinski definition) is 3. The van der Waals surface area contributed by atoms with E-state index in [1.165, 1.54) is 5.56 Å². The van der Waals surface area contributed by atoms with E-state index in [-0.39, 0.29) is 18.1 Å². The van der Waals surface area contributed by atoms with Crippen LogP contribution in [0, 0.1) is 0 Å². The van der Waals surface area contributed by atoms with Crippen LogP contribution < -0.4 is 10.2 Å². The summed E-state index contributed by atoms with van der Waals surface area (Å²) in [6.45, 7) is 5.73. The van der Waals surface area contributed by atoms with Crippen LogP contribution >= 0.6 is 0 Å². The zero-order valence-corrected chi connectivity index (χ0v) is 13.0. The predicted molar refractivity (Wildman–Crippen MR) is 85.4 cm³/mol. The number of rotatable bonds is 7. The lowest BCUT2D eigenvalue weighted by molar-refractivity contribution is -0.117. The molecule has 0 bridgehead atoms. The van der Waals surface area contributed by atoms with Crippen molar-refractivity contribution in [1.29, 1.82) is 0 Å². The average molecular weight is 290 g/mol. The number of nitrogens with zero attached hydrogens (tertiary/aromatic N) is 1. The van der Waals surface area contributed by atoms with Crippen molar-refractivity contribution < 1.29 is 9.90 Å². The lowest BCUT2D eigenvalue weighted by Crippen LogP contribution is -2.25. The molecule has 1 saturated heterocycles. The van der Waals surface area contributed by atoms with Crippen molar-refractivity contribution in [1.82, 2.24) is 5.32 Å². The second-order valence-electron chi connectivity index (χ2n) is 5.77. The van der Waals surface area contributed by atoms with Gasteiger partial charge in [-0.15, -0.1) is 0 Å². The van der Waals surface area contributed by atoms with Gasteiger partial charge in [0.05, 0.1) is 6.10 Å². The number of hydrogen-bond donors (Lipinski definition) is 2. The molecule has 21 heavy (non-hydrogen) atoms. The number of benzene rings is 1. The lowest BCUT2D eigenvalue weighted by Gasteiger charge is -2.20. The first-order valence-corrected chi connectivity index (χ1v) is 7.93. The molecule has 0 spiro atoms. The molecule has 1 aromatic rings. The summed E-state index contributed by atoms with van der Waals surface area (Å²) in [5.41, 5.74) is 2.18. The maximum absolute atomic E-state index is 11.8. The van der Waals surface area contributed by atoms with E-state index >= 15 is 0 Å². The molecule has 2 rings (SSSR count). The summed E-state index contributed by atoms with van der Waals surface area (Å²) < 4.78 is 0. The number of carbonyl (C=O) groups excluding carboxylic acids is 1. The van der Waals surface area contributed by atoms with Crippen molar-refractivity contribution >= 4 is 11.6 Å². The molecule has 0 aromatic heterocycles. The minimum Gasteiger partial charge on any atom is -0.393 e. The maximum Gasteiger partial charge on any atom is 0.227 e. The highest BCUT2D eigenvalue weighted by Crippen LogP contribution is 2.24. The zero-order valence-electron chi connectivity index (χ0n) is 13.0. The third-order valence-corrected chi connectivity index (χ3v) is 4.15. The Hall–Kier alpha value is -1.39. The van der Waals surface area contributed by atoms with Crippen molar-refractivity contribution in [2.75, 3.05) is 18.0 Å². The summed E-state index contributed by atoms with van der Waals surface area (Å²) in [6, 6.07) is 8.40. The smallest absolute Gasteiger partial charge is 0.227 e. The van der Waals surface area contributed by atoms with Crippen LogP contribution in [-0.4, -0.2) is 30.2 Å². The number of anilines is 1. The summed E-state index contributed by atoms with van der Waals surface area (Å²) in [4.78, 5) is 13.7. The SMILES string of the molecule is CCC(O)CCNC(C)c1cccc(N2CCCC2=O)c1. The van der Waals surface area contributed by atoms with Gasteiger partial charge in [-0.1, -0.05) is 19.1 Å². The topological polar surface area (TPSA) is 52.6 Å². The minimum atomic E-state index is -0.224. The van der Waals surface area contributed by atoms with Gasteiger partial charge in [0.2, 0.25) is 5.91 Å². The third-order valence-electron chi connectivity index (χ3n) is 4.15. The highest BCUT2D eigenvalue weighted by Gasteiger charge is 2.22. The fourth-order valence-electron chi connectivity index (χ4n) is 2.67. The lowest BCUT2D eigenvalue weighted by atomic mass is 10.1. The van der Waals surface area contributed by atoms with Crippen molar-refractivity contribution in [2.24, 2.45) is 0 Å². The Morgan fingerprint density at radius 3 is 2.90 bits per heavy atom. The zero-order chi connectivity index (χ0) is 15.2. The summed E-state index contributed by atoms with van der Waals surface area (Å²) in [7, 11) is 0. The summed E-state index contributed by atoms with van der Waals surface area (Å²) in [6.07, 6.45) is 2.95. The molecule has 1 aliphatic rings. The molecule has 1 aromatic carbocycles. The van der Waals surface area contributed by atoms with E-state index in [4.69, 9.17) is 0 Å². The van der Waals surface area contributed by atoms with E-state index in [1.54, 1.807) is 0 Å². The average Bonchev–Trinajstić information content (AvgIpc) is 2.93. The van der Waals surface area contributed by atoms with Gasteiger partial charge in [-0.3, -0.25) is 4.79 Å². The standard InChI is InChI=1S/C17H26N2O2/c1-3-16(20)9-10-18-13(2)14-6-4-7-15(12-14)19-11-5-8-17(19)21/h4,6-7,12-13,16,18,20H,3,5,8-11H2,1-2H3. The summed E-state index contributed by atoms with van der Waals surface area (Å²) in [5, 5.41) is 13.0. The molecule has 4 heteroatoms. The van der Waals surface area contributed by atoms with Gasteiger partial charge in [-0.2, -0.15) is 0 Å². The van der Waals surface area contributed by atoms with Crippen LogP contribution in [0.5, 0.6) is 0 Å². The quantitative estimate of drug-likeness (QED) is 0.811. The molecule has 0 saturated carbocycles. The number of amides is 1. The van der Waals surface area contributed by atoms with Gasteiger partial charge in [0.15, 0.2) is 0 Å². The van der Waals surface area contributed by atoms with Gasteiger partial charge >= 0.3 is 0 Å². The molecule has 1 amide bonds. The van der Waals surface area contributed by atoms with E-state index < -0.39 is 0 Å². The predicted octanol–water partition coefficient (Wildman–Crippen LogP) is 2.63. The van der Waals surface area contributed by atoms with Crippen molar-refractivity contribution in [3.8, 4) is 0 Å². The van der Waals surface area contributed by atoms with Gasteiger partial charge in [-0.25, -0.2) is 0 Å². The van der Waals surface area contributed by atoms with Crippen LogP contribution in [0.4, 0.5) is 5.69 Å². The Balaban J connectivity index is 1.95. The Kier molecular flexibility index (Phi) is 5.76. The fourth-order valence-corrected chi connectivity index (χ4v) is 2.67. The Morgan fingerprint density at radius 1 is 1.43 bits per heavy atom. The molecule has 2 atom stereocenters. The van der Waals surface area contributed by atoms with Crippen LogP contribution in [0.25, 0.3) is 0 Å². The van der Waals surface area contributed by atoms with E-state index in [1.807, 2.05) is 24.0 Å². The molecular weight excluding hydrogens is 264 g/mol. The molecule has 2 unspecified atom stereocenters. The first-order valence-electron chi connectivity index (χ1n) is 7.93. The minimum absolute atomic E-state index is 0.215. The molecule has 0 radical (unpaired) electrons. The Morgan fingerprint density at radius 2 is 2.24 bits per heavy atom. The number of aliphatic hydroxyl groups is 1. The molecule has 1 heterocycles. The normalized spacial score (nSPS) is 18.0. The molecular formula is C17H26N2O2.